The van der Waals surface area contributed by atoms with Gasteiger partial charge in [-0.25, -0.2) is 0 Å². The van der Waals surface area contributed by atoms with Gasteiger partial charge in [-0.1, -0.05) is 6.07 Å². The van der Waals surface area contributed by atoms with E-state index in [2.05, 4.69) is 10.7 Å². The van der Waals surface area contributed by atoms with Gasteiger partial charge in [0.05, 0.1) is 11.3 Å². The fraction of sp³-hybridized carbons (Fsp3) is 0.462. The highest BCUT2D eigenvalue weighted by Crippen LogP contribution is 2.22. The lowest BCUT2D eigenvalue weighted by atomic mass is 10.1. The SMILES string of the molecule is Cc1ccc(C(=O)NCCCCC(F)(F)F)c(NN)c1. The van der Waals surface area contributed by atoms with Gasteiger partial charge < -0.3 is 10.7 Å². The minimum Gasteiger partial charge on any atom is -0.352 e. The minimum atomic E-state index is -4.14. The number of carbonyl (C=O) groups excluding carboxylic acids is 1. The highest BCUT2D eigenvalue weighted by molar-refractivity contribution is 5.99. The van der Waals surface area contributed by atoms with Crippen molar-refractivity contribution in [2.24, 2.45) is 5.84 Å². The molecule has 112 valence electrons. The molecule has 4 N–H and O–H groups in total. The molecular weight excluding hydrogens is 271 g/mol. The monoisotopic (exact) mass is 289 g/mol. The van der Waals surface area contributed by atoms with Crippen LogP contribution in [0.1, 0.15) is 35.2 Å². The lowest BCUT2D eigenvalue weighted by Crippen LogP contribution is -2.26. The first-order chi connectivity index (χ1) is 9.33. The van der Waals surface area contributed by atoms with Crippen molar-refractivity contribution in [3.05, 3.63) is 29.3 Å². The molecule has 20 heavy (non-hydrogen) atoms. The number of halogens is 3. The maximum Gasteiger partial charge on any atom is 0.389 e. The first kappa shape index (κ1) is 16.3. The van der Waals surface area contributed by atoms with Gasteiger partial charge in [-0.05, 0) is 37.5 Å². The highest BCUT2D eigenvalue weighted by atomic mass is 19.4. The van der Waals surface area contributed by atoms with Crippen LogP contribution in [0.5, 0.6) is 0 Å². The van der Waals surface area contributed by atoms with Gasteiger partial charge >= 0.3 is 6.18 Å². The fourth-order valence-corrected chi connectivity index (χ4v) is 1.72. The van der Waals surface area contributed by atoms with Gasteiger partial charge in [0, 0.05) is 13.0 Å². The Kier molecular flexibility index (Phi) is 5.82. The Labute approximate surface area is 115 Å². The molecule has 0 aliphatic rings. The van der Waals surface area contributed by atoms with Crippen LogP contribution in [-0.2, 0) is 0 Å². The number of nitrogens with two attached hydrogens (primary N) is 1. The fourth-order valence-electron chi connectivity index (χ4n) is 1.72. The first-order valence-electron chi connectivity index (χ1n) is 6.25. The molecular formula is C13H18F3N3O. The summed E-state index contributed by atoms with van der Waals surface area (Å²) in [7, 11) is 0. The van der Waals surface area contributed by atoms with Crippen LogP contribution >= 0.6 is 0 Å². The van der Waals surface area contributed by atoms with Crippen molar-refractivity contribution >= 4 is 11.6 Å². The Morgan fingerprint density at radius 3 is 2.60 bits per heavy atom. The Hall–Kier alpha value is -1.76. The van der Waals surface area contributed by atoms with E-state index in [4.69, 9.17) is 5.84 Å². The number of hydrazine groups is 1. The molecule has 0 aromatic heterocycles. The number of nitrogens with one attached hydrogen (secondary N) is 2. The van der Waals surface area contributed by atoms with Gasteiger partial charge in [0.1, 0.15) is 0 Å². The zero-order chi connectivity index (χ0) is 15.2. The van der Waals surface area contributed by atoms with Crippen LogP contribution in [0.15, 0.2) is 18.2 Å². The zero-order valence-corrected chi connectivity index (χ0v) is 11.2. The molecule has 0 aliphatic heterocycles. The number of amides is 1. The molecule has 0 fully saturated rings. The van der Waals surface area contributed by atoms with Gasteiger partial charge in [0.25, 0.3) is 5.91 Å². The van der Waals surface area contributed by atoms with Crippen LogP contribution in [0.3, 0.4) is 0 Å². The molecule has 0 atom stereocenters. The molecule has 1 aromatic carbocycles. The molecule has 0 aliphatic carbocycles. The van der Waals surface area contributed by atoms with E-state index in [1.165, 1.54) is 0 Å². The maximum absolute atomic E-state index is 11.9. The van der Waals surface area contributed by atoms with Crippen molar-refractivity contribution in [1.29, 1.82) is 0 Å². The number of carbonyl (C=O) groups is 1. The molecule has 0 unspecified atom stereocenters. The van der Waals surface area contributed by atoms with Crippen molar-refractivity contribution in [2.75, 3.05) is 12.0 Å². The molecule has 1 aromatic rings. The molecule has 0 radical (unpaired) electrons. The number of hydrogen-bond donors (Lipinski definition) is 3. The van der Waals surface area contributed by atoms with E-state index in [0.717, 1.165) is 5.56 Å². The quantitative estimate of drug-likeness (QED) is 0.428. The molecule has 7 heteroatoms. The van der Waals surface area contributed by atoms with Crippen LogP contribution in [0.25, 0.3) is 0 Å². The largest absolute Gasteiger partial charge is 0.389 e. The van der Waals surface area contributed by atoms with Crippen molar-refractivity contribution in [3.8, 4) is 0 Å². The summed E-state index contributed by atoms with van der Waals surface area (Å²) in [4.78, 5) is 11.9. The van der Waals surface area contributed by atoms with Crippen molar-refractivity contribution in [3.63, 3.8) is 0 Å². The van der Waals surface area contributed by atoms with Crippen molar-refractivity contribution < 1.29 is 18.0 Å². The number of aryl methyl sites for hydroxylation is 1. The normalized spacial score (nSPS) is 11.2. The van der Waals surface area contributed by atoms with E-state index in [0.29, 0.717) is 11.3 Å². The van der Waals surface area contributed by atoms with Crippen LogP contribution in [0.2, 0.25) is 0 Å². The number of nitrogen functional groups attached to an aromatic ring is 1. The predicted molar refractivity (Wildman–Crippen MR) is 71.2 cm³/mol. The number of alkyl halides is 3. The van der Waals surface area contributed by atoms with Crippen LogP contribution in [0.4, 0.5) is 18.9 Å². The Morgan fingerprint density at radius 2 is 2.00 bits per heavy atom. The van der Waals surface area contributed by atoms with E-state index >= 15 is 0 Å². The van der Waals surface area contributed by atoms with E-state index in [1.54, 1.807) is 18.2 Å². The zero-order valence-electron chi connectivity index (χ0n) is 11.2. The summed E-state index contributed by atoms with van der Waals surface area (Å²) < 4.78 is 35.8. The van der Waals surface area contributed by atoms with E-state index in [-0.39, 0.29) is 25.3 Å². The van der Waals surface area contributed by atoms with E-state index < -0.39 is 12.6 Å². The van der Waals surface area contributed by atoms with Gasteiger partial charge in [-0.15, -0.1) is 0 Å². The lowest BCUT2D eigenvalue weighted by Gasteiger charge is -2.11. The summed E-state index contributed by atoms with van der Waals surface area (Å²) in [6.07, 6.45) is -4.69. The summed E-state index contributed by atoms with van der Waals surface area (Å²) in [5.74, 6) is 4.97. The average Bonchev–Trinajstić information content (AvgIpc) is 2.36. The molecule has 0 heterocycles. The summed E-state index contributed by atoms with van der Waals surface area (Å²) in [6.45, 7) is 2.06. The lowest BCUT2D eigenvalue weighted by molar-refractivity contribution is -0.135. The Balaban J connectivity index is 2.44. The summed E-state index contributed by atoms with van der Waals surface area (Å²) in [5, 5.41) is 2.58. The third kappa shape index (κ3) is 5.48. The van der Waals surface area contributed by atoms with Crippen molar-refractivity contribution in [1.82, 2.24) is 5.32 Å². The van der Waals surface area contributed by atoms with Gasteiger partial charge in [0.15, 0.2) is 0 Å². The Bertz CT molecular complexity index is 461. The number of rotatable bonds is 6. The summed E-state index contributed by atoms with van der Waals surface area (Å²) >= 11 is 0. The average molecular weight is 289 g/mol. The van der Waals surface area contributed by atoms with E-state index in [1.807, 2.05) is 6.92 Å². The van der Waals surface area contributed by atoms with Crippen molar-refractivity contribution in [2.45, 2.75) is 32.4 Å². The summed E-state index contributed by atoms with van der Waals surface area (Å²) in [5.41, 5.74) is 4.23. The number of benzene rings is 1. The molecule has 0 saturated carbocycles. The second kappa shape index (κ2) is 7.14. The molecule has 4 nitrogen and oxygen atoms in total. The minimum absolute atomic E-state index is 0.000324. The van der Waals surface area contributed by atoms with Crippen LogP contribution < -0.4 is 16.6 Å². The number of hydrogen-bond acceptors (Lipinski definition) is 3. The molecule has 0 saturated heterocycles. The van der Waals surface area contributed by atoms with Crippen LogP contribution in [-0.4, -0.2) is 18.6 Å². The molecule has 0 bridgehead atoms. The molecule has 1 rings (SSSR count). The van der Waals surface area contributed by atoms with Gasteiger partial charge in [-0.3, -0.25) is 10.6 Å². The number of unbranched alkanes of at least 4 members (excludes halogenated alkanes) is 1. The predicted octanol–water partition coefficient (Wildman–Crippen LogP) is 2.74. The second-order valence-corrected chi connectivity index (χ2v) is 4.52. The summed E-state index contributed by atoms with van der Waals surface area (Å²) in [6, 6.07) is 5.10. The third-order valence-electron chi connectivity index (χ3n) is 2.75. The second-order valence-electron chi connectivity index (χ2n) is 4.52. The van der Waals surface area contributed by atoms with E-state index in [9.17, 15) is 18.0 Å². The van der Waals surface area contributed by atoms with Crippen LogP contribution in [0, 0.1) is 6.92 Å². The molecule has 0 spiro atoms. The molecule has 1 amide bonds. The smallest absolute Gasteiger partial charge is 0.352 e. The van der Waals surface area contributed by atoms with Gasteiger partial charge in [0.2, 0.25) is 0 Å². The third-order valence-corrected chi connectivity index (χ3v) is 2.75. The van der Waals surface area contributed by atoms with Gasteiger partial charge in [-0.2, -0.15) is 13.2 Å². The Morgan fingerprint density at radius 1 is 1.30 bits per heavy atom. The highest BCUT2D eigenvalue weighted by Gasteiger charge is 2.25. The maximum atomic E-state index is 11.9. The topological polar surface area (TPSA) is 67.2 Å². The first-order valence-corrected chi connectivity index (χ1v) is 6.25. The number of anilines is 1. The standard InChI is InChI=1S/C13H18F3N3O/c1-9-4-5-10(11(8-9)19-17)12(20)18-7-3-2-6-13(14,15)16/h4-5,8,19H,2-3,6-7,17H2,1H3,(H,18,20).